The van der Waals surface area contributed by atoms with E-state index in [1.807, 2.05) is 0 Å². The molecule has 28 heavy (non-hydrogen) atoms. The molecule has 0 fully saturated rings. The van der Waals surface area contributed by atoms with Crippen LogP contribution in [0.1, 0.15) is 149 Å². The molecule has 0 aliphatic carbocycles. The number of rotatable bonds is 23. The number of unbranched alkanes of at least 4 members (excludes halogenated alkanes) is 19. The van der Waals surface area contributed by atoms with E-state index in [9.17, 15) is 0 Å². The zero-order valence-electron chi connectivity index (χ0n) is 20.0. The van der Waals surface area contributed by atoms with Gasteiger partial charge in [-0.2, -0.15) is 9.24 Å². The molecule has 0 aromatic rings. The highest BCUT2D eigenvalue weighted by Gasteiger charge is 2.12. The maximum atomic E-state index is 6.61. The molecule has 0 aromatic carbocycles. The van der Waals surface area contributed by atoms with Gasteiger partial charge in [-0.15, -0.1) is 0 Å². The van der Waals surface area contributed by atoms with E-state index < -0.39 is 9.24 Å². The van der Waals surface area contributed by atoms with Gasteiger partial charge in [0.2, 0.25) is 0 Å². The van der Waals surface area contributed by atoms with E-state index in [0.29, 0.717) is 0 Å². The number of hydrogen-bond acceptors (Lipinski definition) is 0. The van der Waals surface area contributed by atoms with Crippen LogP contribution in [0.3, 0.4) is 0 Å². The van der Waals surface area contributed by atoms with Gasteiger partial charge in [-0.05, 0) is 30.6 Å². The lowest BCUT2D eigenvalue weighted by atomic mass is 10.0. The molecule has 0 aromatic heterocycles. The Hall–Kier alpha value is 0.640. The smallest absolute Gasteiger partial charge is 0.0103 e. The van der Waals surface area contributed by atoms with Gasteiger partial charge in [-0.3, -0.25) is 0 Å². The lowest BCUT2D eigenvalue weighted by molar-refractivity contribution is 0.523. The highest BCUT2D eigenvalue weighted by Crippen LogP contribution is 2.50. The maximum absolute atomic E-state index is 6.61. The average molecular weight is 435 g/mol. The molecule has 0 saturated carbocycles. The van der Waals surface area contributed by atoms with Crippen LogP contribution in [-0.4, -0.2) is 17.8 Å². The summed E-state index contributed by atoms with van der Waals surface area (Å²) in [4.78, 5) is 0. The van der Waals surface area contributed by atoms with E-state index in [1.165, 1.54) is 146 Å². The maximum Gasteiger partial charge on any atom is -0.0103 e. The minimum Gasteiger partial charge on any atom is -0.166 e. The van der Waals surface area contributed by atoms with Crippen molar-refractivity contribution < 1.29 is 0 Å². The van der Waals surface area contributed by atoms with Gasteiger partial charge in [0.25, 0.3) is 0 Å². The molecule has 0 nitrogen and oxygen atoms in total. The molecule has 2 heteroatoms. The summed E-state index contributed by atoms with van der Waals surface area (Å²) in [5, 5.41) is 0. The lowest BCUT2D eigenvalue weighted by Crippen LogP contribution is -2.00. The van der Waals surface area contributed by atoms with Crippen molar-refractivity contribution >= 4 is 19.9 Å². The molecule has 0 bridgehead atoms. The monoisotopic (exact) mass is 434 g/mol. The molecule has 0 aliphatic rings. The van der Waals surface area contributed by atoms with Crippen LogP contribution in [0.4, 0.5) is 0 Å². The van der Waals surface area contributed by atoms with Gasteiger partial charge in [0.05, 0.1) is 0 Å². The molecule has 0 saturated heterocycles. The van der Waals surface area contributed by atoms with Gasteiger partial charge in [0, 0.05) is 0 Å². The van der Waals surface area contributed by atoms with Crippen LogP contribution in [0.2, 0.25) is 0 Å². The highest BCUT2D eigenvalue weighted by molar-refractivity contribution is 8.50. The lowest BCUT2D eigenvalue weighted by Gasteiger charge is -2.27. The standard InChI is InChI=1S/C26H55ClS/c1-4-6-7-8-9-10-11-12-13-14-15-16-17-18-19-20-21-22-23-24-26-28(3,27)25-5-2/h4-26H2,1-3H3. The van der Waals surface area contributed by atoms with E-state index >= 15 is 0 Å². The first-order valence-corrected chi connectivity index (χ1v) is 16.3. The van der Waals surface area contributed by atoms with Crippen LogP contribution < -0.4 is 0 Å². The van der Waals surface area contributed by atoms with Crippen molar-refractivity contribution in [1.29, 1.82) is 0 Å². The SMILES string of the molecule is CCCCCCCCCCCCCCCCCCCCCCS(C)(Cl)CCC. The summed E-state index contributed by atoms with van der Waals surface area (Å²) in [6, 6.07) is 0. The number of hydrogen-bond donors (Lipinski definition) is 0. The first kappa shape index (κ1) is 28.6. The quantitative estimate of drug-likeness (QED) is 0.140. The van der Waals surface area contributed by atoms with E-state index in [1.54, 1.807) is 0 Å². The van der Waals surface area contributed by atoms with Crippen molar-refractivity contribution in [1.82, 2.24) is 0 Å². The second kappa shape index (κ2) is 22.3. The van der Waals surface area contributed by atoms with Crippen LogP contribution in [0.15, 0.2) is 0 Å². The predicted molar refractivity (Wildman–Crippen MR) is 137 cm³/mol. The predicted octanol–water partition coefficient (Wildman–Crippen LogP) is 10.8. The highest BCUT2D eigenvalue weighted by atomic mass is 35.7. The molecule has 0 N–H and O–H groups in total. The van der Waals surface area contributed by atoms with Crippen molar-refractivity contribution in [3.8, 4) is 0 Å². The van der Waals surface area contributed by atoms with Crippen molar-refractivity contribution in [2.75, 3.05) is 17.8 Å². The fraction of sp³-hybridized carbons (Fsp3) is 1.00. The third-order valence-corrected chi connectivity index (χ3v) is 9.38. The number of halogens is 1. The normalized spacial score (nSPS) is 14.9. The molecule has 0 amide bonds. The summed E-state index contributed by atoms with van der Waals surface area (Å²) in [6.45, 7) is 4.56. The molecule has 1 unspecified atom stereocenters. The second-order valence-corrected chi connectivity index (χ2v) is 14.6. The van der Waals surface area contributed by atoms with Gasteiger partial charge >= 0.3 is 0 Å². The molecule has 0 aliphatic heterocycles. The first-order chi connectivity index (χ1) is 13.6. The summed E-state index contributed by atoms with van der Waals surface area (Å²) < 4.78 is 0. The van der Waals surface area contributed by atoms with Crippen molar-refractivity contribution in [2.24, 2.45) is 0 Å². The molecule has 1 atom stereocenters. The van der Waals surface area contributed by atoms with Gasteiger partial charge in [0.15, 0.2) is 0 Å². The fourth-order valence-corrected chi connectivity index (χ4v) is 6.84. The van der Waals surface area contributed by atoms with E-state index in [4.69, 9.17) is 10.7 Å². The van der Waals surface area contributed by atoms with Gasteiger partial charge in [-0.1, -0.05) is 147 Å². The van der Waals surface area contributed by atoms with E-state index in [2.05, 4.69) is 20.1 Å². The van der Waals surface area contributed by atoms with Gasteiger partial charge in [0.1, 0.15) is 0 Å². The second-order valence-electron chi connectivity index (χ2n) is 9.28. The van der Waals surface area contributed by atoms with Crippen LogP contribution in [0.5, 0.6) is 0 Å². The molecule has 0 radical (unpaired) electrons. The van der Waals surface area contributed by atoms with Crippen molar-refractivity contribution in [3.05, 3.63) is 0 Å². The van der Waals surface area contributed by atoms with Crippen LogP contribution in [0, 0.1) is 0 Å². The average Bonchev–Trinajstić information content (AvgIpc) is 2.66. The Morgan fingerprint density at radius 1 is 0.393 bits per heavy atom. The van der Waals surface area contributed by atoms with Crippen LogP contribution >= 0.6 is 19.9 Å². The summed E-state index contributed by atoms with van der Waals surface area (Å²) in [5.41, 5.74) is 0. The van der Waals surface area contributed by atoms with Gasteiger partial charge < -0.3 is 0 Å². The Bertz CT molecular complexity index is 290. The molecular formula is C26H55ClS. The minimum absolute atomic E-state index is 0.783. The Morgan fingerprint density at radius 3 is 0.964 bits per heavy atom. The Balaban J connectivity index is 3.09. The molecular weight excluding hydrogens is 380 g/mol. The topological polar surface area (TPSA) is 0 Å². The Labute approximate surface area is 186 Å². The fourth-order valence-electron chi connectivity index (χ4n) is 4.19. The van der Waals surface area contributed by atoms with E-state index in [-0.39, 0.29) is 0 Å². The zero-order valence-corrected chi connectivity index (χ0v) is 21.6. The Morgan fingerprint density at radius 2 is 0.679 bits per heavy atom. The molecule has 0 spiro atoms. The van der Waals surface area contributed by atoms with Crippen molar-refractivity contribution in [3.63, 3.8) is 0 Å². The third kappa shape index (κ3) is 22.9. The van der Waals surface area contributed by atoms with Crippen LogP contribution in [0.25, 0.3) is 0 Å². The largest absolute Gasteiger partial charge is 0.166 e. The first-order valence-electron chi connectivity index (χ1n) is 13.1. The Kier molecular flexibility index (Phi) is 22.8. The zero-order chi connectivity index (χ0) is 20.8. The summed E-state index contributed by atoms with van der Waals surface area (Å²) in [6.07, 6.45) is 32.6. The van der Waals surface area contributed by atoms with E-state index in [0.717, 1.165) is 0 Å². The molecule has 0 heterocycles. The summed E-state index contributed by atoms with van der Waals surface area (Å²) >= 11 is 0. The summed E-state index contributed by atoms with van der Waals surface area (Å²) in [7, 11) is 5.82. The third-order valence-electron chi connectivity index (χ3n) is 6.05. The minimum atomic E-state index is -0.783. The molecule has 172 valence electrons. The molecule has 0 rings (SSSR count). The van der Waals surface area contributed by atoms with Crippen LogP contribution in [-0.2, 0) is 0 Å². The van der Waals surface area contributed by atoms with Gasteiger partial charge in [-0.25, -0.2) is 0 Å². The van der Waals surface area contributed by atoms with Crippen molar-refractivity contribution in [2.45, 2.75) is 149 Å². The summed E-state index contributed by atoms with van der Waals surface area (Å²) in [5.74, 6) is 2.52.